The third kappa shape index (κ3) is 7.00. The van der Waals surface area contributed by atoms with Crippen LogP contribution in [0.5, 0.6) is 0 Å². The molecule has 11 atom stereocenters. The molecule has 55 heavy (non-hydrogen) atoms. The van der Waals surface area contributed by atoms with Gasteiger partial charge < -0.3 is 44.3 Å². The first-order valence-corrected chi connectivity index (χ1v) is 18.2. The fraction of sp³-hybridized carbons (Fsp3) is 0.600. The molecule has 15 heteroatoms. The average molecular weight is 770 g/mol. The molecule has 1 heterocycles. The van der Waals surface area contributed by atoms with Crippen LogP contribution in [0.4, 0.5) is 0 Å². The number of carbonyl (C=O) groups is 6. The standard InChI is InChI=1S/C40H51NO14/c1-19(2)15-25(41-21(4)42)30(45)36(49)53-26-17-40(50)34(54-35(48)24-13-11-10-12-14-24)32-38(9,33(47)31(46)29(20(26)3)37(40,7)8)27(52-22(5)43)16-28-39(32,18-51-28)55-23(6)44/h10-15,25-28,30-32,34,45-46,50H,16-18H2,1-9H3,(H,41,42)/t25-,26-,27-,28+,30+,31+,32-,34-,38+,39-,40+/m0/s1. The lowest BCUT2D eigenvalue weighted by Crippen LogP contribution is -2.82. The summed E-state index contributed by atoms with van der Waals surface area (Å²) in [7, 11) is 0. The minimum Gasteiger partial charge on any atom is -0.461 e. The Balaban J connectivity index is 1.76. The molecule has 3 aliphatic carbocycles. The average Bonchev–Trinajstić information content (AvgIpc) is 3.08. The fourth-order valence-electron chi connectivity index (χ4n) is 9.29. The number of amides is 1. The highest BCUT2D eigenvalue weighted by Crippen LogP contribution is 2.64. The Labute approximate surface area is 319 Å². The van der Waals surface area contributed by atoms with Gasteiger partial charge in [-0.1, -0.05) is 43.7 Å². The number of benzene rings is 1. The maximum Gasteiger partial charge on any atom is 0.338 e. The highest BCUT2D eigenvalue weighted by Gasteiger charge is 2.78. The minimum atomic E-state index is -2.35. The zero-order valence-electron chi connectivity index (χ0n) is 32.5. The molecule has 1 aromatic carbocycles. The third-order valence-electron chi connectivity index (χ3n) is 11.9. The lowest BCUT2D eigenvalue weighted by molar-refractivity contribution is -0.346. The number of rotatable bonds is 9. The molecule has 3 fully saturated rings. The molecule has 0 unspecified atom stereocenters. The maximum absolute atomic E-state index is 15.1. The van der Waals surface area contributed by atoms with E-state index in [0.29, 0.717) is 5.57 Å². The van der Waals surface area contributed by atoms with E-state index >= 15 is 4.79 Å². The highest BCUT2D eigenvalue weighted by atomic mass is 16.6. The van der Waals surface area contributed by atoms with Gasteiger partial charge in [-0.15, -0.1) is 0 Å². The summed E-state index contributed by atoms with van der Waals surface area (Å²) in [6.07, 6.45) is -8.68. The van der Waals surface area contributed by atoms with E-state index in [9.17, 15) is 39.3 Å². The van der Waals surface area contributed by atoms with Crippen LogP contribution < -0.4 is 5.32 Å². The van der Waals surface area contributed by atoms with Crippen molar-refractivity contribution in [1.82, 2.24) is 5.32 Å². The van der Waals surface area contributed by atoms with Crippen molar-refractivity contribution in [3.8, 4) is 0 Å². The molecule has 0 aromatic heterocycles. The minimum absolute atomic E-state index is 0.0585. The summed E-state index contributed by atoms with van der Waals surface area (Å²) in [6, 6.07) is 6.64. The molecule has 1 aromatic rings. The van der Waals surface area contributed by atoms with E-state index in [2.05, 4.69) is 5.32 Å². The Bertz CT molecular complexity index is 1820. The summed E-state index contributed by atoms with van der Waals surface area (Å²) in [5.74, 6) is -6.61. The molecular formula is C40H51NO14. The normalized spacial score (nSPS) is 34.4. The molecule has 5 rings (SSSR count). The van der Waals surface area contributed by atoms with E-state index in [4.69, 9.17) is 23.7 Å². The molecule has 4 N–H and O–H groups in total. The van der Waals surface area contributed by atoms with Crippen LogP contribution >= 0.6 is 0 Å². The zero-order chi connectivity index (χ0) is 41.0. The number of carbonyl (C=O) groups excluding carboxylic acids is 6. The second kappa shape index (κ2) is 14.9. The van der Waals surface area contributed by atoms with Gasteiger partial charge in [-0.05, 0) is 51.0 Å². The van der Waals surface area contributed by atoms with Crippen molar-refractivity contribution >= 4 is 35.6 Å². The highest BCUT2D eigenvalue weighted by molar-refractivity contribution is 5.94. The molecule has 4 aliphatic rings. The largest absolute Gasteiger partial charge is 0.461 e. The number of aliphatic hydroxyl groups is 3. The summed E-state index contributed by atoms with van der Waals surface area (Å²) in [6.45, 7) is 12.6. The van der Waals surface area contributed by atoms with E-state index in [0.717, 1.165) is 13.8 Å². The second-order valence-electron chi connectivity index (χ2n) is 16.1. The van der Waals surface area contributed by atoms with E-state index in [-0.39, 0.29) is 29.7 Å². The van der Waals surface area contributed by atoms with Crippen LogP contribution in [0.3, 0.4) is 0 Å². The molecule has 15 nitrogen and oxygen atoms in total. The quantitative estimate of drug-likeness (QED) is 0.161. The topological polar surface area (TPSA) is 221 Å². The van der Waals surface area contributed by atoms with Crippen molar-refractivity contribution in [3.05, 3.63) is 58.7 Å². The zero-order valence-corrected chi connectivity index (χ0v) is 32.5. The first-order chi connectivity index (χ1) is 25.5. The van der Waals surface area contributed by atoms with Crippen LogP contribution in [0.25, 0.3) is 0 Å². The molecule has 1 amide bonds. The molecule has 2 bridgehead atoms. The predicted octanol–water partition coefficient (Wildman–Crippen LogP) is 2.04. The maximum atomic E-state index is 15.1. The summed E-state index contributed by atoms with van der Waals surface area (Å²) in [5, 5.41) is 39.3. The van der Waals surface area contributed by atoms with Gasteiger partial charge in [-0.2, -0.15) is 0 Å². The molecule has 1 aliphatic heterocycles. The number of ketones is 1. The summed E-state index contributed by atoms with van der Waals surface area (Å²) in [5.41, 5.74) is -6.86. The lowest BCUT2D eigenvalue weighted by Gasteiger charge is -2.67. The predicted molar refractivity (Wildman–Crippen MR) is 192 cm³/mol. The van der Waals surface area contributed by atoms with Crippen LogP contribution in [-0.4, -0.2) is 111 Å². The van der Waals surface area contributed by atoms with E-state index in [1.165, 1.54) is 39.0 Å². The lowest BCUT2D eigenvalue weighted by atomic mass is 9.44. The van der Waals surface area contributed by atoms with Crippen LogP contribution in [-0.2, 0) is 47.7 Å². The SMILES string of the molecule is CC(=O)N[C@@H](C=C(C)C)[C@@H](O)C(=O)O[C@H]1C[C@@]2(O)[C@@H](OC(=O)c3ccccc3)[C@@H]3[C@]4(OC(C)=O)CO[C@@H]4C[C@H](OC(C)=O)[C@@]3(C)C(=O)[C@H](O)C(=C1C)C2(C)C. The van der Waals surface area contributed by atoms with Gasteiger partial charge >= 0.3 is 23.9 Å². The fourth-order valence-corrected chi connectivity index (χ4v) is 9.29. The Morgan fingerprint density at radius 1 is 0.964 bits per heavy atom. The smallest absolute Gasteiger partial charge is 0.338 e. The second-order valence-corrected chi connectivity index (χ2v) is 16.1. The molecule has 1 saturated heterocycles. The number of hydrogen-bond acceptors (Lipinski definition) is 14. The van der Waals surface area contributed by atoms with Crippen molar-refractivity contribution in [2.75, 3.05) is 6.61 Å². The third-order valence-corrected chi connectivity index (χ3v) is 11.9. The molecular weight excluding hydrogens is 718 g/mol. The van der Waals surface area contributed by atoms with Crippen molar-refractivity contribution in [2.45, 2.75) is 129 Å². The van der Waals surface area contributed by atoms with E-state index in [1.54, 1.807) is 45.9 Å². The number of Topliss-reactive ketones (excluding diaryl/α,β-unsaturated/α-hetero) is 1. The van der Waals surface area contributed by atoms with Crippen LogP contribution in [0, 0.1) is 16.7 Å². The summed E-state index contributed by atoms with van der Waals surface area (Å²) < 4.78 is 29.9. The number of hydrogen-bond donors (Lipinski definition) is 4. The van der Waals surface area contributed by atoms with E-state index in [1.807, 2.05) is 0 Å². The summed E-state index contributed by atoms with van der Waals surface area (Å²) in [4.78, 5) is 80.4. The van der Waals surface area contributed by atoms with Gasteiger partial charge in [-0.3, -0.25) is 19.2 Å². The van der Waals surface area contributed by atoms with Crippen molar-refractivity contribution in [3.63, 3.8) is 0 Å². The number of nitrogens with one attached hydrogen (secondary N) is 1. The van der Waals surface area contributed by atoms with Gasteiger partial charge in [0.15, 0.2) is 17.5 Å². The van der Waals surface area contributed by atoms with Crippen molar-refractivity contribution in [2.24, 2.45) is 16.7 Å². The number of fused-ring (bicyclic) bond motifs is 5. The Kier molecular flexibility index (Phi) is 11.3. The number of ether oxygens (including phenoxy) is 5. The monoisotopic (exact) mass is 769 g/mol. The molecule has 2 saturated carbocycles. The first kappa shape index (κ1) is 41.7. The van der Waals surface area contributed by atoms with Gasteiger partial charge in [0.2, 0.25) is 5.91 Å². The molecule has 0 spiro atoms. The molecule has 300 valence electrons. The Morgan fingerprint density at radius 3 is 2.13 bits per heavy atom. The Hall–Kier alpha value is -4.44. The van der Waals surface area contributed by atoms with Gasteiger partial charge in [0.25, 0.3) is 0 Å². The van der Waals surface area contributed by atoms with Crippen LogP contribution in [0.2, 0.25) is 0 Å². The number of aliphatic hydroxyl groups excluding tert-OH is 2. The van der Waals surface area contributed by atoms with Crippen LogP contribution in [0.1, 0.15) is 85.5 Å². The van der Waals surface area contributed by atoms with Crippen LogP contribution in [0.15, 0.2) is 53.1 Å². The molecule has 0 radical (unpaired) electrons. The van der Waals surface area contributed by atoms with Gasteiger partial charge in [-0.25, -0.2) is 9.59 Å². The van der Waals surface area contributed by atoms with Gasteiger partial charge in [0.05, 0.1) is 29.5 Å². The van der Waals surface area contributed by atoms with E-state index < -0.39 is 113 Å². The number of esters is 4. The first-order valence-electron chi connectivity index (χ1n) is 18.2. The number of allylic oxidation sites excluding steroid dienone is 1. The van der Waals surface area contributed by atoms with Gasteiger partial charge in [0.1, 0.15) is 36.1 Å². The summed E-state index contributed by atoms with van der Waals surface area (Å²) >= 11 is 0. The van der Waals surface area contributed by atoms with Gasteiger partial charge in [0, 0.05) is 39.0 Å². The van der Waals surface area contributed by atoms with Crippen molar-refractivity contribution < 1.29 is 67.8 Å². The van der Waals surface area contributed by atoms with Crippen molar-refractivity contribution in [1.29, 1.82) is 0 Å². The Morgan fingerprint density at radius 2 is 1.60 bits per heavy atom.